The number of hydrogen-bond donors (Lipinski definition) is 4. The number of amides is 1. The molecule has 5 rings (SSSR count). The summed E-state index contributed by atoms with van der Waals surface area (Å²) in [6.07, 6.45) is 1.53. The molecule has 2 aromatic heterocycles. The Morgan fingerprint density at radius 1 is 0.961 bits per heavy atom. The third-order valence-electron chi connectivity index (χ3n) is 9.65. The minimum atomic E-state index is -4.53. The predicted octanol–water partition coefficient (Wildman–Crippen LogP) is 6.71. The fourth-order valence-electron chi connectivity index (χ4n) is 7.19. The first-order valence-corrected chi connectivity index (χ1v) is 18.5. The van der Waals surface area contributed by atoms with E-state index in [0.29, 0.717) is 22.8 Å². The number of anilines is 2. The second kappa shape index (κ2) is 13.8. The summed E-state index contributed by atoms with van der Waals surface area (Å²) in [5, 5.41) is 0.390. The van der Waals surface area contributed by atoms with Crippen LogP contribution in [0.4, 0.5) is 11.5 Å². The Morgan fingerprint density at radius 3 is 2.06 bits per heavy atom. The number of esters is 1. The molecule has 0 bridgehead atoms. The van der Waals surface area contributed by atoms with Crippen LogP contribution >= 0.6 is 11.6 Å². The second-order valence-corrected chi connectivity index (χ2v) is 17.3. The van der Waals surface area contributed by atoms with Gasteiger partial charge in [-0.1, -0.05) is 90.4 Å². The summed E-state index contributed by atoms with van der Waals surface area (Å²) in [5.41, 5.74) is 3.83. The van der Waals surface area contributed by atoms with Gasteiger partial charge in [-0.15, -0.1) is 0 Å². The SMILES string of the molecule is CC1CC(C(C)(C)C)C(OC(=O)c2c(-c3ccc(Cl)cc3)c(C=O)n3c(=O)c(C(=O)NS(=O)(=O)Nc4ccccc4)c(N)[nH]c23)C(C(C)(C)C)C1. The Balaban J connectivity index is 1.69. The molecule has 1 aliphatic carbocycles. The number of nitrogens with one attached hydrogen (secondary N) is 3. The number of benzene rings is 2. The van der Waals surface area contributed by atoms with E-state index in [4.69, 9.17) is 22.1 Å². The van der Waals surface area contributed by atoms with Crippen molar-refractivity contribution in [2.24, 2.45) is 28.6 Å². The zero-order valence-corrected chi connectivity index (χ0v) is 31.2. The molecule has 0 radical (unpaired) electrons. The smallest absolute Gasteiger partial charge is 0.342 e. The predicted molar refractivity (Wildman–Crippen MR) is 198 cm³/mol. The number of aromatic nitrogens is 2. The van der Waals surface area contributed by atoms with Crippen LogP contribution in [-0.2, 0) is 14.9 Å². The van der Waals surface area contributed by atoms with E-state index in [9.17, 15) is 27.6 Å². The summed E-state index contributed by atoms with van der Waals surface area (Å²) in [7, 11) is -4.53. The van der Waals surface area contributed by atoms with Gasteiger partial charge < -0.3 is 15.5 Å². The standard InChI is InChI=1S/C37H44ClN5O7S/c1-20-17-24(36(2,3)4)30(25(18-20)37(5,6)7)50-35(47)28-27(21-13-15-22(38)16-14-21)26(19-44)43-32(28)40-31(39)29(34(43)46)33(45)42-51(48,49)41-23-11-9-8-10-12-23/h8-16,19-20,24-25,30,40-41H,17-18,39H2,1-7H3,(H,42,45). The summed E-state index contributed by atoms with van der Waals surface area (Å²) >= 11 is 6.18. The highest BCUT2D eigenvalue weighted by Crippen LogP contribution is 2.50. The number of nitrogens with zero attached hydrogens (tertiary/aromatic N) is 1. The van der Waals surface area contributed by atoms with Crippen LogP contribution in [0.1, 0.15) is 92.5 Å². The first-order chi connectivity index (χ1) is 23.7. The minimum Gasteiger partial charge on any atom is -0.458 e. The van der Waals surface area contributed by atoms with Crippen LogP contribution in [0.3, 0.4) is 0 Å². The van der Waals surface area contributed by atoms with Crippen LogP contribution in [0.2, 0.25) is 5.02 Å². The molecule has 4 aromatic rings. The minimum absolute atomic E-state index is 0.0151. The van der Waals surface area contributed by atoms with Gasteiger partial charge in [-0.25, -0.2) is 9.52 Å². The topological polar surface area (TPSA) is 182 Å². The molecule has 2 heterocycles. The number of rotatable bonds is 8. The lowest BCUT2D eigenvalue weighted by Crippen LogP contribution is -2.49. The lowest BCUT2D eigenvalue weighted by molar-refractivity contribution is -0.0922. The van der Waals surface area contributed by atoms with Crippen molar-refractivity contribution in [3.63, 3.8) is 0 Å². The van der Waals surface area contributed by atoms with Gasteiger partial charge in [-0.3, -0.25) is 23.5 Å². The number of aldehydes is 1. The Kier molecular flexibility index (Phi) is 10.2. The van der Waals surface area contributed by atoms with Gasteiger partial charge in [0.15, 0.2) is 6.29 Å². The number of fused-ring (bicyclic) bond motifs is 1. The molecular weight excluding hydrogens is 694 g/mol. The molecule has 1 amide bonds. The summed E-state index contributed by atoms with van der Waals surface area (Å²) in [6, 6.07) is 14.1. The Bertz CT molecular complexity index is 2120. The molecule has 5 N–H and O–H groups in total. The molecule has 0 saturated heterocycles. The largest absolute Gasteiger partial charge is 0.458 e. The van der Waals surface area contributed by atoms with Gasteiger partial charge in [-0.05, 0) is 59.4 Å². The molecule has 2 atom stereocenters. The molecule has 1 saturated carbocycles. The number of carbonyl (C=O) groups excluding carboxylic acids is 3. The number of carbonyl (C=O) groups is 3. The van der Waals surface area contributed by atoms with Crippen LogP contribution in [0.15, 0.2) is 59.4 Å². The van der Waals surface area contributed by atoms with Crippen molar-refractivity contribution in [2.75, 3.05) is 10.5 Å². The van der Waals surface area contributed by atoms with Crippen molar-refractivity contribution in [1.29, 1.82) is 0 Å². The van der Waals surface area contributed by atoms with Crippen molar-refractivity contribution in [2.45, 2.75) is 67.4 Å². The van der Waals surface area contributed by atoms with Crippen LogP contribution in [0.25, 0.3) is 16.8 Å². The molecule has 51 heavy (non-hydrogen) atoms. The van der Waals surface area contributed by atoms with E-state index < -0.39 is 45.1 Å². The summed E-state index contributed by atoms with van der Waals surface area (Å²) in [6.45, 7) is 14.9. The van der Waals surface area contributed by atoms with E-state index in [1.165, 1.54) is 12.1 Å². The van der Waals surface area contributed by atoms with Crippen LogP contribution in [0.5, 0.6) is 0 Å². The third kappa shape index (κ3) is 7.69. The average molecular weight is 738 g/mol. The molecule has 0 aliphatic heterocycles. The van der Waals surface area contributed by atoms with Crippen molar-refractivity contribution in [1.82, 2.24) is 14.1 Å². The zero-order valence-electron chi connectivity index (χ0n) is 29.7. The molecule has 272 valence electrons. The van der Waals surface area contributed by atoms with Crippen LogP contribution < -0.4 is 20.7 Å². The number of H-pyrrole nitrogens is 1. The maximum Gasteiger partial charge on any atom is 0.342 e. The van der Waals surface area contributed by atoms with E-state index in [1.54, 1.807) is 47.2 Å². The fraction of sp³-hybridized carbons (Fsp3) is 0.405. The van der Waals surface area contributed by atoms with Gasteiger partial charge in [0.2, 0.25) is 0 Å². The third-order valence-corrected chi connectivity index (χ3v) is 10.9. The highest BCUT2D eigenvalue weighted by molar-refractivity contribution is 7.91. The molecule has 0 spiro atoms. The van der Waals surface area contributed by atoms with Gasteiger partial charge >= 0.3 is 16.2 Å². The zero-order chi connectivity index (χ0) is 37.6. The van der Waals surface area contributed by atoms with Gasteiger partial charge in [-0.2, -0.15) is 8.42 Å². The van der Waals surface area contributed by atoms with Crippen molar-refractivity contribution >= 4 is 57.1 Å². The van der Waals surface area contributed by atoms with Gasteiger partial charge in [0.25, 0.3) is 11.5 Å². The van der Waals surface area contributed by atoms with Crippen molar-refractivity contribution in [3.05, 3.63) is 86.8 Å². The number of para-hydroxylation sites is 1. The lowest BCUT2D eigenvalue weighted by Gasteiger charge is -2.50. The molecule has 2 unspecified atom stereocenters. The monoisotopic (exact) mass is 737 g/mol. The average Bonchev–Trinajstić information content (AvgIpc) is 3.35. The van der Waals surface area contributed by atoms with Crippen molar-refractivity contribution in [3.8, 4) is 11.1 Å². The molecule has 1 aliphatic rings. The first kappa shape index (κ1) is 37.6. The van der Waals surface area contributed by atoms with Gasteiger partial charge in [0, 0.05) is 22.4 Å². The molecule has 1 fully saturated rings. The van der Waals surface area contributed by atoms with E-state index in [2.05, 4.69) is 58.2 Å². The number of nitrogens with two attached hydrogens (primary N) is 1. The Labute approximate surface area is 302 Å². The van der Waals surface area contributed by atoms with Gasteiger partial charge in [0.05, 0.1) is 11.4 Å². The van der Waals surface area contributed by atoms with E-state index in [-0.39, 0.29) is 50.8 Å². The summed E-state index contributed by atoms with van der Waals surface area (Å²) < 4.78 is 37.0. The summed E-state index contributed by atoms with van der Waals surface area (Å²) in [4.78, 5) is 57.8. The normalized spacial score (nSPS) is 19.8. The van der Waals surface area contributed by atoms with Gasteiger partial charge in [0.1, 0.15) is 28.7 Å². The van der Waals surface area contributed by atoms with Crippen LogP contribution in [-0.4, -0.2) is 42.1 Å². The maximum absolute atomic E-state index is 14.6. The molecule has 12 nitrogen and oxygen atoms in total. The molecule has 2 aromatic carbocycles. The molecular formula is C37H44ClN5O7S. The fourth-order valence-corrected chi connectivity index (χ4v) is 8.16. The number of hydrogen-bond acceptors (Lipinski definition) is 8. The number of aromatic amines is 1. The highest BCUT2D eigenvalue weighted by Gasteiger charge is 2.48. The lowest BCUT2D eigenvalue weighted by atomic mass is 9.59. The highest BCUT2D eigenvalue weighted by atomic mass is 35.5. The van der Waals surface area contributed by atoms with Crippen molar-refractivity contribution < 1.29 is 27.5 Å². The second-order valence-electron chi connectivity index (χ2n) is 15.5. The maximum atomic E-state index is 14.6. The quantitative estimate of drug-likeness (QED) is 0.114. The molecule has 14 heteroatoms. The van der Waals surface area contributed by atoms with E-state index in [1.807, 2.05) is 0 Å². The van der Waals surface area contributed by atoms with E-state index in [0.717, 1.165) is 17.2 Å². The number of halogens is 1. The Morgan fingerprint density at radius 2 is 1.53 bits per heavy atom. The number of nitrogen functional groups attached to an aromatic ring is 1. The Hall–Kier alpha value is -4.62. The summed E-state index contributed by atoms with van der Waals surface area (Å²) in [5.74, 6) is -2.33. The number of ether oxygens (including phenoxy) is 1. The van der Waals surface area contributed by atoms with Crippen LogP contribution in [0, 0.1) is 28.6 Å². The van der Waals surface area contributed by atoms with E-state index >= 15 is 0 Å². The first-order valence-electron chi connectivity index (χ1n) is 16.7.